The van der Waals surface area contributed by atoms with Crippen molar-refractivity contribution in [3.8, 4) is 0 Å². The molecule has 1 aromatic rings. The van der Waals surface area contributed by atoms with Gasteiger partial charge in [-0.1, -0.05) is 26.0 Å². The van der Waals surface area contributed by atoms with Crippen molar-refractivity contribution >= 4 is 5.91 Å². The van der Waals surface area contributed by atoms with Crippen molar-refractivity contribution in [1.82, 2.24) is 5.32 Å². The van der Waals surface area contributed by atoms with Crippen molar-refractivity contribution in [2.24, 2.45) is 11.8 Å². The number of hydrogen-bond donors (Lipinski definition) is 1. The van der Waals surface area contributed by atoms with Gasteiger partial charge in [0.05, 0.1) is 12.7 Å². The number of carbonyl (C=O) groups excluding carboxylic acids is 1. The molecule has 0 saturated carbocycles. The van der Waals surface area contributed by atoms with E-state index in [0.717, 1.165) is 18.6 Å². The Bertz CT molecular complexity index is 473. The monoisotopic (exact) mass is 291 g/mol. The van der Waals surface area contributed by atoms with E-state index in [0.29, 0.717) is 30.6 Å². The summed E-state index contributed by atoms with van der Waals surface area (Å²) >= 11 is 0. The van der Waals surface area contributed by atoms with Crippen LogP contribution in [-0.4, -0.2) is 32.3 Å². The van der Waals surface area contributed by atoms with Crippen LogP contribution in [0, 0.1) is 11.8 Å². The quantitative estimate of drug-likeness (QED) is 0.876. The molecule has 0 radical (unpaired) electrons. The molecular formula is C17H25NO3. The minimum Gasteiger partial charge on any atom is -0.380 e. The first kappa shape index (κ1) is 16.0. The summed E-state index contributed by atoms with van der Waals surface area (Å²) in [4.78, 5) is 12.2. The maximum absolute atomic E-state index is 12.2. The zero-order valence-corrected chi connectivity index (χ0v) is 13.1. The summed E-state index contributed by atoms with van der Waals surface area (Å²) < 4.78 is 10.8. The molecule has 0 unspecified atom stereocenters. The SMILES string of the molecule is COCc1cccc(C(=O)NC[C@@H]2CCO[C@@H]2C(C)C)c1. The summed E-state index contributed by atoms with van der Waals surface area (Å²) in [6, 6.07) is 7.56. The highest BCUT2D eigenvalue weighted by molar-refractivity contribution is 5.94. The zero-order valence-electron chi connectivity index (χ0n) is 13.1. The van der Waals surface area contributed by atoms with Crippen LogP contribution in [-0.2, 0) is 16.1 Å². The van der Waals surface area contributed by atoms with Crippen molar-refractivity contribution < 1.29 is 14.3 Å². The Morgan fingerprint density at radius 1 is 1.48 bits per heavy atom. The van der Waals surface area contributed by atoms with E-state index >= 15 is 0 Å². The Hall–Kier alpha value is -1.39. The first-order chi connectivity index (χ1) is 10.1. The van der Waals surface area contributed by atoms with Crippen LogP contribution in [0.5, 0.6) is 0 Å². The molecule has 1 aliphatic rings. The van der Waals surface area contributed by atoms with E-state index in [1.165, 1.54) is 0 Å². The molecule has 1 N–H and O–H groups in total. The summed E-state index contributed by atoms with van der Waals surface area (Å²) in [7, 11) is 1.65. The summed E-state index contributed by atoms with van der Waals surface area (Å²) in [5, 5.41) is 3.04. The summed E-state index contributed by atoms with van der Waals surface area (Å²) in [5.74, 6) is 0.873. The highest BCUT2D eigenvalue weighted by Gasteiger charge is 2.30. The van der Waals surface area contributed by atoms with Crippen LogP contribution < -0.4 is 5.32 Å². The highest BCUT2D eigenvalue weighted by atomic mass is 16.5. The van der Waals surface area contributed by atoms with E-state index in [1.807, 2.05) is 24.3 Å². The molecule has 1 fully saturated rings. The lowest BCUT2D eigenvalue weighted by atomic mass is 9.93. The third-order valence-electron chi connectivity index (χ3n) is 3.95. The fourth-order valence-electron chi connectivity index (χ4n) is 2.91. The maximum atomic E-state index is 12.2. The molecule has 4 heteroatoms. The van der Waals surface area contributed by atoms with Crippen LogP contribution in [0.4, 0.5) is 0 Å². The molecule has 1 aromatic carbocycles. The van der Waals surface area contributed by atoms with Crippen LogP contribution in [0.2, 0.25) is 0 Å². The van der Waals surface area contributed by atoms with E-state index in [2.05, 4.69) is 19.2 Å². The highest BCUT2D eigenvalue weighted by Crippen LogP contribution is 2.26. The van der Waals surface area contributed by atoms with Crippen molar-refractivity contribution in [2.45, 2.75) is 33.0 Å². The third kappa shape index (κ3) is 4.29. The Kier molecular flexibility index (Phi) is 5.76. The van der Waals surface area contributed by atoms with E-state index in [1.54, 1.807) is 7.11 Å². The normalized spacial score (nSPS) is 21.7. The minimum absolute atomic E-state index is 0.0256. The molecule has 2 atom stereocenters. The summed E-state index contributed by atoms with van der Waals surface area (Å²) in [6.45, 7) is 6.33. The second-order valence-electron chi connectivity index (χ2n) is 5.97. The minimum atomic E-state index is -0.0256. The van der Waals surface area contributed by atoms with Crippen LogP contribution in [0.1, 0.15) is 36.2 Å². The Labute approximate surface area is 126 Å². The molecule has 116 valence electrons. The summed E-state index contributed by atoms with van der Waals surface area (Å²) in [6.07, 6.45) is 1.28. The van der Waals surface area contributed by atoms with Gasteiger partial charge >= 0.3 is 0 Å². The second-order valence-corrected chi connectivity index (χ2v) is 5.97. The first-order valence-electron chi connectivity index (χ1n) is 7.59. The first-order valence-corrected chi connectivity index (χ1v) is 7.59. The summed E-state index contributed by atoms with van der Waals surface area (Å²) in [5.41, 5.74) is 1.69. The number of nitrogens with one attached hydrogen (secondary N) is 1. The fraction of sp³-hybridized carbons (Fsp3) is 0.588. The van der Waals surface area contributed by atoms with Gasteiger partial charge in [-0.3, -0.25) is 4.79 Å². The molecule has 1 amide bonds. The predicted molar refractivity (Wildman–Crippen MR) is 82.2 cm³/mol. The van der Waals surface area contributed by atoms with Crippen LogP contribution in [0.3, 0.4) is 0 Å². The maximum Gasteiger partial charge on any atom is 0.251 e. The molecule has 4 nitrogen and oxygen atoms in total. The Morgan fingerprint density at radius 3 is 3.00 bits per heavy atom. The average Bonchev–Trinajstić information content (AvgIpc) is 2.94. The molecule has 2 rings (SSSR count). The van der Waals surface area contributed by atoms with E-state index in [9.17, 15) is 4.79 Å². The molecule has 0 aliphatic carbocycles. The van der Waals surface area contributed by atoms with Gasteiger partial charge < -0.3 is 14.8 Å². The van der Waals surface area contributed by atoms with Gasteiger partial charge in [0, 0.05) is 31.7 Å². The van der Waals surface area contributed by atoms with Crippen molar-refractivity contribution in [3.63, 3.8) is 0 Å². The topological polar surface area (TPSA) is 47.6 Å². The van der Waals surface area contributed by atoms with Gasteiger partial charge in [0.15, 0.2) is 0 Å². The van der Waals surface area contributed by atoms with Gasteiger partial charge in [-0.25, -0.2) is 0 Å². The Morgan fingerprint density at radius 2 is 2.29 bits per heavy atom. The lowest BCUT2D eigenvalue weighted by Gasteiger charge is -2.22. The van der Waals surface area contributed by atoms with E-state index in [-0.39, 0.29) is 12.0 Å². The van der Waals surface area contributed by atoms with Crippen LogP contribution in [0.15, 0.2) is 24.3 Å². The molecule has 0 bridgehead atoms. The van der Waals surface area contributed by atoms with Crippen LogP contribution >= 0.6 is 0 Å². The van der Waals surface area contributed by atoms with E-state index < -0.39 is 0 Å². The van der Waals surface area contributed by atoms with Crippen LogP contribution in [0.25, 0.3) is 0 Å². The van der Waals surface area contributed by atoms with Gasteiger partial charge in [-0.2, -0.15) is 0 Å². The zero-order chi connectivity index (χ0) is 15.2. The van der Waals surface area contributed by atoms with E-state index in [4.69, 9.17) is 9.47 Å². The smallest absolute Gasteiger partial charge is 0.251 e. The predicted octanol–water partition coefficient (Wildman–Crippen LogP) is 2.62. The average molecular weight is 291 g/mol. The lowest BCUT2D eigenvalue weighted by Crippen LogP contribution is -2.34. The van der Waals surface area contributed by atoms with Gasteiger partial charge in [0.2, 0.25) is 0 Å². The van der Waals surface area contributed by atoms with Gasteiger partial charge in [-0.05, 0) is 30.0 Å². The number of methoxy groups -OCH3 is 1. The lowest BCUT2D eigenvalue weighted by molar-refractivity contribution is 0.0533. The fourth-order valence-corrected chi connectivity index (χ4v) is 2.91. The molecule has 0 aromatic heterocycles. The van der Waals surface area contributed by atoms with Crippen molar-refractivity contribution in [2.75, 3.05) is 20.3 Å². The van der Waals surface area contributed by atoms with Gasteiger partial charge in [0.1, 0.15) is 0 Å². The molecule has 1 aliphatic heterocycles. The molecule has 0 spiro atoms. The van der Waals surface area contributed by atoms with Gasteiger partial charge in [0.25, 0.3) is 5.91 Å². The number of hydrogen-bond acceptors (Lipinski definition) is 3. The van der Waals surface area contributed by atoms with Gasteiger partial charge in [-0.15, -0.1) is 0 Å². The number of rotatable bonds is 6. The second kappa shape index (κ2) is 7.57. The van der Waals surface area contributed by atoms with Crippen molar-refractivity contribution in [1.29, 1.82) is 0 Å². The molecule has 1 heterocycles. The number of benzene rings is 1. The Balaban J connectivity index is 1.91. The molecule has 21 heavy (non-hydrogen) atoms. The molecular weight excluding hydrogens is 266 g/mol. The standard InChI is InChI=1S/C17H25NO3/c1-12(2)16-15(7-8-21-16)10-18-17(19)14-6-4-5-13(9-14)11-20-3/h4-6,9,12,15-16H,7-8,10-11H2,1-3H3,(H,18,19)/t15-,16+/m0/s1. The largest absolute Gasteiger partial charge is 0.380 e. The third-order valence-corrected chi connectivity index (χ3v) is 3.95. The number of carbonyl (C=O) groups is 1. The van der Waals surface area contributed by atoms with Crippen molar-refractivity contribution in [3.05, 3.63) is 35.4 Å². The number of amides is 1. The number of ether oxygens (including phenoxy) is 2. The molecule has 1 saturated heterocycles.